The van der Waals surface area contributed by atoms with Crippen LogP contribution in [0.25, 0.3) is 0 Å². The van der Waals surface area contributed by atoms with Crippen molar-refractivity contribution in [3.63, 3.8) is 0 Å². The number of carbonyl (C=O) groups excluding carboxylic acids is 1. The van der Waals surface area contributed by atoms with Crippen molar-refractivity contribution >= 4 is 6.03 Å². The van der Waals surface area contributed by atoms with Crippen molar-refractivity contribution in [1.82, 2.24) is 29.9 Å². The van der Waals surface area contributed by atoms with E-state index in [0.717, 1.165) is 5.82 Å². The molecule has 8 nitrogen and oxygen atoms in total. The summed E-state index contributed by atoms with van der Waals surface area (Å²) < 4.78 is 7.11. The van der Waals surface area contributed by atoms with E-state index in [1.54, 1.807) is 18.1 Å². The van der Waals surface area contributed by atoms with Crippen molar-refractivity contribution in [3.8, 4) is 0 Å². The van der Waals surface area contributed by atoms with E-state index in [0.29, 0.717) is 24.7 Å². The lowest BCUT2D eigenvalue weighted by molar-refractivity contribution is 0.199. The molecule has 0 radical (unpaired) electrons. The van der Waals surface area contributed by atoms with Crippen LogP contribution in [0.3, 0.4) is 0 Å². The number of hydrogen-bond donors (Lipinski definition) is 1. The predicted octanol–water partition coefficient (Wildman–Crippen LogP) is 2.51. The van der Waals surface area contributed by atoms with E-state index in [-0.39, 0.29) is 23.9 Å². The summed E-state index contributed by atoms with van der Waals surface area (Å²) in [6, 6.07) is -0.290. The molecule has 1 atom stereocenters. The second-order valence-corrected chi connectivity index (χ2v) is 6.94. The van der Waals surface area contributed by atoms with Crippen LogP contribution in [-0.4, -0.2) is 44.2 Å². The summed E-state index contributed by atoms with van der Waals surface area (Å²) in [6.45, 7) is 8.63. The standard InChI is InChI=1S/C17H28N6O2/c1-11(2)14(15-18-8-10-22(15)5)20-17(24)23(6)9-7-13-19-16(12(3)4)25-21-13/h8,10-12,14H,7,9H2,1-6H3,(H,20,24). The summed E-state index contributed by atoms with van der Waals surface area (Å²) in [6.07, 6.45) is 4.17. The first kappa shape index (κ1) is 19.0. The second kappa shape index (κ2) is 8.13. The fourth-order valence-electron chi connectivity index (χ4n) is 2.42. The van der Waals surface area contributed by atoms with E-state index in [9.17, 15) is 4.79 Å². The van der Waals surface area contributed by atoms with Crippen molar-refractivity contribution in [1.29, 1.82) is 0 Å². The maximum atomic E-state index is 12.5. The Bertz CT molecular complexity index is 691. The summed E-state index contributed by atoms with van der Waals surface area (Å²) >= 11 is 0. The van der Waals surface area contributed by atoms with Crippen LogP contribution in [0, 0.1) is 5.92 Å². The molecule has 0 saturated carbocycles. The van der Waals surface area contributed by atoms with Gasteiger partial charge in [0.2, 0.25) is 5.89 Å². The third kappa shape index (κ3) is 4.80. The van der Waals surface area contributed by atoms with Crippen LogP contribution in [-0.2, 0) is 13.5 Å². The first-order chi connectivity index (χ1) is 11.8. The number of nitrogens with zero attached hydrogens (tertiary/aromatic N) is 5. The fraction of sp³-hybridized carbons (Fsp3) is 0.647. The summed E-state index contributed by atoms with van der Waals surface area (Å²) in [5.74, 6) is 2.51. The van der Waals surface area contributed by atoms with Crippen molar-refractivity contribution in [2.24, 2.45) is 13.0 Å². The van der Waals surface area contributed by atoms with Crippen LogP contribution >= 0.6 is 0 Å². The molecule has 0 spiro atoms. The molecule has 0 aromatic carbocycles. The third-order valence-corrected chi connectivity index (χ3v) is 4.08. The van der Waals surface area contributed by atoms with E-state index in [1.165, 1.54) is 0 Å². The number of amides is 2. The lowest BCUT2D eigenvalue weighted by Crippen LogP contribution is -2.42. The van der Waals surface area contributed by atoms with Crippen LogP contribution < -0.4 is 5.32 Å². The van der Waals surface area contributed by atoms with Gasteiger partial charge in [-0.25, -0.2) is 9.78 Å². The Balaban J connectivity index is 1.93. The van der Waals surface area contributed by atoms with Gasteiger partial charge in [-0.3, -0.25) is 0 Å². The van der Waals surface area contributed by atoms with Gasteiger partial charge in [0.05, 0.1) is 6.04 Å². The lowest BCUT2D eigenvalue weighted by Gasteiger charge is -2.25. The van der Waals surface area contributed by atoms with Crippen LogP contribution in [0.5, 0.6) is 0 Å². The maximum Gasteiger partial charge on any atom is 0.317 e. The molecule has 0 bridgehead atoms. The minimum atomic E-state index is -0.146. The van der Waals surface area contributed by atoms with E-state index in [2.05, 4.69) is 34.3 Å². The molecular formula is C17H28N6O2. The largest absolute Gasteiger partial charge is 0.339 e. The van der Waals surface area contributed by atoms with Gasteiger partial charge in [0.25, 0.3) is 0 Å². The van der Waals surface area contributed by atoms with E-state index in [4.69, 9.17) is 4.52 Å². The molecule has 0 saturated heterocycles. The maximum absolute atomic E-state index is 12.5. The minimum absolute atomic E-state index is 0.144. The zero-order valence-corrected chi connectivity index (χ0v) is 15.9. The van der Waals surface area contributed by atoms with Crippen molar-refractivity contribution in [3.05, 3.63) is 29.9 Å². The summed E-state index contributed by atoms with van der Waals surface area (Å²) in [5.41, 5.74) is 0. The molecule has 0 fully saturated rings. The molecule has 2 rings (SSSR count). The number of likely N-dealkylation sites (N-methyl/N-ethyl adjacent to an activating group) is 1. The Morgan fingerprint density at radius 3 is 2.60 bits per heavy atom. The first-order valence-corrected chi connectivity index (χ1v) is 8.61. The molecule has 2 aromatic rings. The van der Waals surface area contributed by atoms with Crippen molar-refractivity contribution in [2.75, 3.05) is 13.6 Å². The highest BCUT2D eigenvalue weighted by Crippen LogP contribution is 2.19. The van der Waals surface area contributed by atoms with Crippen LogP contribution in [0.1, 0.15) is 57.2 Å². The number of nitrogens with one attached hydrogen (secondary N) is 1. The van der Waals surface area contributed by atoms with Gasteiger partial charge in [0.1, 0.15) is 5.82 Å². The lowest BCUT2D eigenvalue weighted by atomic mass is 10.0. The van der Waals surface area contributed by atoms with Gasteiger partial charge in [0.15, 0.2) is 5.82 Å². The number of hydrogen-bond acceptors (Lipinski definition) is 5. The Hall–Kier alpha value is -2.38. The second-order valence-electron chi connectivity index (χ2n) is 6.94. The number of rotatable bonds is 7. The molecule has 2 amide bonds. The van der Waals surface area contributed by atoms with Crippen LogP contribution in [0.15, 0.2) is 16.9 Å². The Morgan fingerprint density at radius 2 is 2.08 bits per heavy atom. The molecule has 8 heteroatoms. The molecule has 1 unspecified atom stereocenters. The van der Waals surface area contributed by atoms with Gasteiger partial charge in [-0.05, 0) is 5.92 Å². The molecule has 0 aliphatic heterocycles. The van der Waals surface area contributed by atoms with Gasteiger partial charge >= 0.3 is 6.03 Å². The molecule has 138 valence electrons. The number of urea groups is 1. The summed E-state index contributed by atoms with van der Waals surface area (Å²) in [4.78, 5) is 22.8. The van der Waals surface area contributed by atoms with Crippen LogP contribution in [0.2, 0.25) is 0 Å². The van der Waals surface area contributed by atoms with Gasteiger partial charge in [-0.1, -0.05) is 32.9 Å². The number of aryl methyl sites for hydroxylation is 1. The summed E-state index contributed by atoms with van der Waals surface area (Å²) in [5, 5.41) is 7.01. The number of aromatic nitrogens is 4. The molecule has 0 aliphatic carbocycles. The predicted molar refractivity (Wildman–Crippen MR) is 94.0 cm³/mol. The Morgan fingerprint density at radius 1 is 1.36 bits per heavy atom. The molecule has 1 N–H and O–H groups in total. The fourth-order valence-corrected chi connectivity index (χ4v) is 2.42. The molecule has 0 aliphatic rings. The number of imidazole rings is 1. The third-order valence-electron chi connectivity index (χ3n) is 4.08. The van der Waals surface area contributed by atoms with Gasteiger partial charge in [-0.15, -0.1) is 0 Å². The van der Waals surface area contributed by atoms with Crippen molar-refractivity contribution in [2.45, 2.75) is 46.1 Å². The topological polar surface area (TPSA) is 89.1 Å². The van der Waals surface area contributed by atoms with E-state index >= 15 is 0 Å². The minimum Gasteiger partial charge on any atom is -0.339 e. The average molecular weight is 348 g/mol. The number of carbonyl (C=O) groups is 1. The van der Waals surface area contributed by atoms with E-state index in [1.807, 2.05) is 31.7 Å². The molecule has 25 heavy (non-hydrogen) atoms. The van der Waals surface area contributed by atoms with Gasteiger partial charge in [-0.2, -0.15) is 4.98 Å². The van der Waals surface area contributed by atoms with E-state index < -0.39 is 0 Å². The van der Waals surface area contributed by atoms with Gasteiger partial charge in [0, 0.05) is 45.4 Å². The molecule has 2 aromatic heterocycles. The highest BCUT2D eigenvalue weighted by molar-refractivity contribution is 5.74. The van der Waals surface area contributed by atoms with Crippen LogP contribution in [0.4, 0.5) is 4.79 Å². The zero-order valence-electron chi connectivity index (χ0n) is 15.9. The Labute approximate surface area is 148 Å². The quantitative estimate of drug-likeness (QED) is 0.830. The highest BCUT2D eigenvalue weighted by atomic mass is 16.5. The monoisotopic (exact) mass is 348 g/mol. The molecule has 2 heterocycles. The summed E-state index contributed by atoms with van der Waals surface area (Å²) in [7, 11) is 3.69. The average Bonchev–Trinajstić information content (AvgIpc) is 3.18. The normalized spacial score (nSPS) is 12.6. The SMILES string of the molecule is CC(C)c1nc(CCN(C)C(=O)NC(c2nccn2C)C(C)C)no1. The smallest absolute Gasteiger partial charge is 0.317 e. The van der Waals surface area contributed by atoms with Crippen molar-refractivity contribution < 1.29 is 9.32 Å². The highest BCUT2D eigenvalue weighted by Gasteiger charge is 2.23. The zero-order chi connectivity index (χ0) is 18.6. The van der Waals surface area contributed by atoms with Gasteiger partial charge < -0.3 is 19.3 Å². The Kier molecular flexibility index (Phi) is 6.17. The first-order valence-electron chi connectivity index (χ1n) is 8.61. The molecular weight excluding hydrogens is 320 g/mol.